The van der Waals surface area contributed by atoms with E-state index in [4.69, 9.17) is 11.6 Å². The van der Waals surface area contributed by atoms with Gasteiger partial charge in [0.2, 0.25) is 0 Å². The highest BCUT2D eigenvalue weighted by Gasteiger charge is 2.31. The second kappa shape index (κ2) is 6.66. The minimum Gasteiger partial charge on any atom is -0.362 e. The maximum atomic E-state index is 12.5. The molecule has 18 heavy (non-hydrogen) atoms. The zero-order chi connectivity index (χ0) is 13.8. The summed E-state index contributed by atoms with van der Waals surface area (Å²) >= 11 is 8.98. The van der Waals surface area contributed by atoms with E-state index in [1.165, 1.54) is 4.90 Å². The molecule has 0 saturated heterocycles. The van der Waals surface area contributed by atoms with Crippen molar-refractivity contribution in [3.8, 4) is 0 Å². The highest BCUT2D eigenvalue weighted by molar-refractivity contribution is 9.10. The van der Waals surface area contributed by atoms with Gasteiger partial charge in [-0.05, 0) is 40.0 Å². The van der Waals surface area contributed by atoms with Crippen LogP contribution < -0.4 is 4.90 Å². The predicted molar refractivity (Wildman–Crippen MR) is 72.3 cm³/mol. The quantitative estimate of drug-likeness (QED) is 0.682. The topological polar surface area (TPSA) is 3.24 Å². The zero-order valence-electron chi connectivity index (χ0n) is 9.90. The van der Waals surface area contributed by atoms with Crippen LogP contribution in [0.4, 0.5) is 18.9 Å². The van der Waals surface area contributed by atoms with E-state index in [2.05, 4.69) is 15.9 Å². The van der Waals surface area contributed by atoms with Gasteiger partial charge in [0.05, 0.1) is 5.69 Å². The van der Waals surface area contributed by atoms with Crippen molar-refractivity contribution in [2.24, 2.45) is 0 Å². The van der Waals surface area contributed by atoms with Crippen LogP contribution >= 0.6 is 27.5 Å². The molecule has 6 heteroatoms. The van der Waals surface area contributed by atoms with E-state index in [0.717, 1.165) is 5.56 Å². The Morgan fingerprint density at radius 1 is 1.33 bits per heavy atom. The number of anilines is 1. The van der Waals surface area contributed by atoms with Gasteiger partial charge in [0.25, 0.3) is 0 Å². The molecule has 102 valence electrons. The Morgan fingerprint density at radius 3 is 2.44 bits per heavy atom. The molecule has 0 aliphatic carbocycles. The van der Waals surface area contributed by atoms with Crippen molar-refractivity contribution >= 4 is 33.2 Å². The van der Waals surface area contributed by atoms with E-state index in [0.29, 0.717) is 29.0 Å². The van der Waals surface area contributed by atoms with Gasteiger partial charge in [0, 0.05) is 16.9 Å². The van der Waals surface area contributed by atoms with Crippen molar-refractivity contribution in [1.82, 2.24) is 0 Å². The summed E-state index contributed by atoms with van der Waals surface area (Å²) in [5.41, 5.74) is 1.42. The summed E-state index contributed by atoms with van der Waals surface area (Å²) in [7, 11) is 0. The maximum absolute atomic E-state index is 12.5. The fourth-order valence-electron chi connectivity index (χ4n) is 1.66. The SMILES string of the molecule is CCCN(CC(F)(F)F)c1ccc(CCl)cc1Br. The van der Waals surface area contributed by atoms with Gasteiger partial charge in [0.15, 0.2) is 0 Å². The summed E-state index contributed by atoms with van der Waals surface area (Å²) in [4.78, 5) is 1.32. The lowest BCUT2D eigenvalue weighted by Crippen LogP contribution is -2.35. The summed E-state index contributed by atoms with van der Waals surface area (Å²) < 4.78 is 38.2. The molecule has 0 aromatic heterocycles. The second-order valence-electron chi connectivity index (χ2n) is 3.96. The van der Waals surface area contributed by atoms with Crippen molar-refractivity contribution in [1.29, 1.82) is 0 Å². The van der Waals surface area contributed by atoms with Crippen LogP contribution in [0.25, 0.3) is 0 Å². The first kappa shape index (κ1) is 15.6. The van der Waals surface area contributed by atoms with Crippen LogP contribution in [0.2, 0.25) is 0 Å². The van der Waals surface area contributed by atoms with Gasteiger partial charge in [-0.1, -0.05) is 13.0 Å². The monoisotopic (exact) mass is 343 g/mol. The molecule has 0 radical (unpaired) electrons. The average Bonchev–Trinajstić information content (AvgIpc) is 2.26. The van der Waals surface area contributed by atoms with Crippen molar-refractivity contribution in [2.45, 2.75) is 25.4 Å². The molecule has 0 bridgehead atoms. The molecular weight excluding hydrogens is 330 g/mol. The second-order valence-corrected chi connectivity index (χ2v) is 5.08. The van der Waals surface area contributed by atoms with Gasteiger partial charge in [-0.2, -0.15) is 13.2 Å². The van der Waals surface area contributed by atoms with E-state index in [9.17, 15) is 13.2 Å². The largest absolute Gasteiger partial charge is 0.405 e. The number of halogens is 5. The predicted octanol–water partition coefficient (Wildman–Crippen LogP) is 4.97. The summed E-state index contributed by atoms with van der Waals surface area (Å²) in [5, 5.41) is 0. The highest BCUT2D eigenvalue weighted by atomic mass is 79.9. The molecule has 1 rings (SSSR count). The van der Waals surface area contributed by atoms with Gasteiger partial charge >= 0.3 is 6.18 Å². The number of hydrogen-bond acceptors (Lipinski definition) is 1. The molecule has 0 saturated carbocycles. The van der Waals surface area contributed by atoms with E-state index in [1.54, 1.807) is 18.2 Å². The van der Waals surface area contributed by atoms with Crippen LogP contribution in [0.3, 0.4) is 0 Å². The van der Waals surface area contributed by atoms with Gasteiger partial charge in [0.1, 0.15) is 6.54 Å². The standard InChI is InChI=1S/C12H14BrClF3N/c1-2-5-18(8-12(15,16)17)11-4-3-9(7-14)6-10(11)13/h3-4,6H,2,5,7-8H2,1H3. The minimum atomic E-state index is -4.21. The van der Waals surface area contributed by atoms with Crippen molar-refractivity contribution in [2.75, 3.05) is 18.0 Å². The third kappa shape index (κ3) is 4.69. The Labute approximate surface area is 118 Å². The summed E-state index contributed by atoms with van der Waals surface area (Å²) in [6.07, 6.45) is -3.56. The number of alkyl halides is 4. The first-order valence-corrected chi connectivity index (χ1v) is 6.86. The average molecular weight is 345 g/mol. The Kier molecular flexibility index (Phi) is 5.79. The summed E-state index contributed by atoms with van der Waals surface area (Å²) in [6, 6.07) is 5.16. The van der Waals surface area contributed by atoms with Crippen molar-refractivity contribution < 1.29 is 13.2 Å². The fraction of sp³-hybridized carbons (Fsp3) is 0.500. The lowest BCUT2D eigenvalue weighted by Gasteiger charge is -2.26. The molecule has 0 aliphatic rings. The molecule has 1 nitrogen and oxygen atoms in total. The molecule has 0 unspecified atom stereocenters. The summed E-state index contributed by atoms with van der Waals surface area (Å²) in [5.74, 6) is 0.339. The Hall–Kier alpha value is -0.420. The number of hydrogen-bond donors (Lipinski definition) is 0. The lowest BCUT2D eigenvalue weighted by molar-refractivity contribution is -0.119. The van der Waals surface area contributed by atoms with Crippen LogP contribution in [-0.4, -0.2) is 19.3 Å². The first-order valence-electron chi connectivity index (χ1n) is 5.53. The first-order chi connectivity index (χ1) is 8.37. The van der Waals surface area contributed by atoms with Crippen LogP contribution in [-0.2, 0) is 5.88 Å². The Bertz CT molecular complexity index is 395. The van der Waals surface area contributed by atoms with Gasteiger partial charge in [-0.15, -0.1) is 11.6 Å². The number of rotatable bonds is 5. The smallest absolute Gasteiger partial charge is 0.362 e. The summed E-state index contributed by atoms with van der Waals surface area (Å²) in [6.45, 7) is 1.27. The molecule has 1 aromatic rings. The molecule has 0 spiro atoms. The molecule has 0 aliphatic heterocycles. The number of benzene rings is 1. The van der Waals surface area contributed by atoms with Gasteiger partial charge in [-0.3, -0.25) is 0 Å². The molecule has 0 atom stereocenters. The van der Waals surface area contributed by atoms with Crippen LogP contribution in [0.1, 0.15) is 18.9 Å². The molecular formula is C12H14BrClF3N. The normalized spacial score (nSPS) is 11.7. The lowest BCUT2D eigenvalue weighted by atomic mass is 10.2. The van der Waals surface area contributed by atoms with Crippen LogP contribution in [0.5, 0.6) is 0 Å². The fourth-order valence-corrected chi connectivity index (χ4v) is 2.50. The van der Waals surface area contributed by atoms with Crippen molar-refractivity contribution in [3.63, 3.8) is 0 Å². The molecule has 0 fully saturated rings. The van der Waals surface area contributed by atoms with Crippen molar-refractivity contribution in [3.05, 3.63) is 28.2 Å². The van der Waals surface area contributed by atoms with E-state index < -0.39 is 12.7 Å². The third-order valence-corrected chi connectivity index (χ3v) is 3.31. The Balaban J connectivity index is 2.98. The van der Waals surface area contributed by atoms with E-state index in [1.807, 2.05) is 6.92 Å². The molecule has 0 heterocycles. The third-order valence-electron chi connectivity index (χ3n) is 2.37. The molecule has 0 amide bonds. The maximum Gasteiger partial charge on any atom is 0.405 e. The van der Waals surface area contributed by atoms with E-state index >= 15 is 0 Å². The minimum absolute atomic E-state index is 0.339. The molecule has 0 N–H and O–H groups in total. The van der Waals surface area contributed by atoms with E-state index in [-0.39, 0.29) is 0 Å². The van der Waals surface area contributed by atoms with Crippen LogP contribution in [0, 0.1) is 0 Å². The van der Waals surface area contributed by atoms with Crippen LogP contribution in [0.15, 0.2) is 22.7 Å². The molecule has 1 aromatic carbocycles. The zero-order valence-corrected chi connectivity index (χ0v) is 12.2. The van der Waals surface area contributed by atoms with Gasteiger partial charge < -0.3 is 4.90 Å². The van der Waals surface area contributed by atoms with Gasteiger partial charge in [-0.25, -0.2) is 0 Å². The Morgan fingerprint density at radius 2 is 2.00 bits per heavy atom. The highest BCUT2D eigenvalue weighted by Crippen LogP contribution is 2.30. The number of nitrogens with zero attached hydrogens (tertiary/aromatic N) is 1.